The van der Waals surface area contributed by atoms with Gasteiger partial charge in [0.1, 0.15) is 0 Å². The van der Waals surface area contributed by atoms with E-state index in [2.05, 4.69) is 42.2 Å². The lowest BCUT2D eigenvalue weighted by Crippen LogP contribution is -1.98. The van der Waals surface area contributed by atoms with Crippen LogP contribution in [0.25, 0.3) is 10.8 Å². The maximum Gasteiger partial charge on any atom is 0.303 e. The van der Waals surface area contributed by atoms with Crippen molar-refractivity contribution in [2.75, 3.05) is 0 Å². The third-order valence-corrected chi connectivity index (χ3v) is 4.32. The molecule has 122 valence electrons. The van der Waals surface area contributed by atoms with E-state index < -0.39 is 5.97 Å². The summed E-state index contributed by atoms with van der Waals surface area (Å²) in [4.78, 5) is 15.0. The molecule has 0 radical (unpaired) electrons. The van der Waals surface area contributed by atoms with E-state index >= 15 is 0 Å². The van der Waals surface area contributed by atoms with Crippen LogP contribution >= 0.6 is 0 Å². The fraction of sp³-hybridized carbons (Fsp3) is 0.238. The van der Waals surface area contributed by atoms with Crippen LogP contribution < -0.4 is 0 Å². The number of benzene rings is 2. The van der Waals surface area contributed by atoms with Gasteiger partial charge in [-0.15, -0.1) is 0 Å². The summed E-state index contributed by atoms with van der Waals surface area (Å²) in [5, 5.41) is 11.3. The Balaban J connectivity index is 1.92. The summed E-state index contributed by atoms with van der Waals surface area (Å²) in [5.41, 5.74) is 4.87. The molecule has 1 N–H and O–H groups in total. The second-order valence-electron chi connectivity index (χ2n) is 6.10. The Kier molecular flexibility index (Phi) is 4.90. The van der Waals surface area contributed by atoms with Crippen LogP contribution in [0.5, 0.6) is 0 Å². The molecule has 24 heavy (non-hydrogen) atoms. The van der Waals surface area contributed by atoms with Crippen molar-refractivity contribution in [3.05, 3.63) is 77.1 Å². The molecule has 0 aliphatic heterocycles. The van der Waals surface area contributed by atoms with Crippen molar-refractivity contribution in [2.45, 2.75) is 32.6 Å². The maximum absolute atomic E-state index is 10.8. The van der Waals surface area contributed by atoms with Crippen molar-refractivity contribution in [1.29, 1.82) is 0 Å². The standard InChI is InChI=1S/C21H21NO2/c1-2-15-11-18-8-9-22-14-20(18)19(12-15)13-17-5-3-4-16(10-17)6-7-21(23)24/h3-5,8-12,14H,2,6-7,13H2,1H3,(H,23,24). The highest BCUT2D eigenvalue weighted by Crippen LogP contribution is 2.24. The summed E-state index contributed by atoms with van der Waals surface area (Å²) in [6.07, 6.45) is 6.33. The molecule has 0 saturated heterocycles. The minimum Gasteiger partial charge on any atom is -0.481 e. The fourth-order valence-electron chi connectivity index (χ4n) is 3.06. The smallest absolute Gasteiger partial charge is 0.303 e. The molecule has 0 unspecified atom stereocenters. The number of carboxylic acid groups (broad SMARTS) is 1. The summed E-state index contributed by atoms with van der Waals surface area (Å²) in [6.45, 7) is 2.17. The molecule has 0 bridgehead atoms. The Hall–Kier alpha value is -2.68. The summed E-state index contributed by atoms with van der Waals surface area (Å²) < 4.78 is 0. The van der Waals surface area contributed by atoms with Crippen LogP contribution in [0.1, 0.15) is 35.6 Å². The van der Waals surface area contributed by atoms with Gasteiger partial charge in [-0.2, -0.15) is 0 Å². The molecule has 0 aliphatic rings. The van der Waals surface area contributed by atoms with Crippen LogP contribution in [-0.4, -0.2) is 16.1 Å². The van der Waals surface area contributed by atoms with Gasteiger partial charge in [-0.05, 0) is 53.0 Å². The van der Waals surface area contributed by atoms with Gasteiger partial charge in [0.15, 0.2) is 0 Å². The fourth-order valence-corrected chi connectivity index (χ4v) is 3.06. The van der Waals surface area contributed by atoms with Crippen molar-refractivity contribution in [1.82, 2.24) is 4.98 Å². The van der Waals surface area contributed by atoms with Crippen LogP contribution in [0.2, 0.25) is 0 Å². The van der Waals surface area contributed by atoms with Gasteiger partial charge in [-0.25, -0.2) is 0 Å². The Bertz CT molecular complexity index is 871. The van der Waals surface area contributed by atoms with Gasteiger partial charge < -0.3 is 5.11 Å². The van der Waals surface area contributed by atoms with Crippen LogP contribution in [0, 0.1) is 0 Å². The highest BCUT2D eigenvalue weighted by atomic mass is 16.4. The number of pyridine rings is 1. The zero-order valence-corrected chi connectivity index (χ0v) is 13.8. The number of carbonyl (C=O) groups is 1. The van der Waals surface area contributed by atoms with Crippen molar-refractivity contribution in [2.24, 2.45) is 0 Å². The number of nitrogens with zero attached hydrogens (tertiary/aromatic N) is 1. The number of aryl methyl sites for hydroxylation is 2. The molecule has 0 saturated carbocycles. The van der Waals surface area contributed by atoms with Crippen LogP contribution in [0.15, 0.2) is 54.9 Å². The molecule has 2 aromatic carbocycles. The lowest BCUT2D eigenvalue weighted by Gasteiger charge is -2.10. The predicted octanol–water partition coefficient (Wildman–Crippen LogP) is 4.41. The van der Waals surface area contributed by atoms with Gasteiger partial charge in [0.05, 0.1) is 0 Å². The van der Waals surface area contributed by atoms with Crippen LogP contribution in [-0.2, 0) is 24.1 Å². The molecule has 3 aromatic rings. The van der Waals surface area contributed by atoms with Crippen LogP contribution in [0.3, 0.4) is 0 Å². The molecule has 0 aliphatic carbocycles. The van der Waals surface area contributed by atoms with E-state index in [-0.39, 0.29) is 6.42 Å². The zero-order chi connectivity index (χ0) is 16.9. The third-order valence-electron chi connectivity index (χ3n) is 4.32. The molecule has 0 spiro atoms. The Labute approximate surface area is 142 Å². The SMILES string of the molecule is CCc1cc(Cc2cccc(CCC(=O)O)c2)c2cnccc2c1. The second-order valence-corrected chi connectivity index (χ2v) is 6.10. The minimum absolute atomic E-state index is 0.168. The van der Waals surface area contributed by atoms with Gasteiger partial charge in [0, 0.05) is 24.2 Å². The van der Waals surface area contributed by atoms with E-state index in [1.165, 1.54) is 27.5 Å². The predicted molar refractivity (Wildman–Crippen MR) is 96.3 cm³/mol. The average molecular weight is 319 g/mol. The number of rotatable bonds is 6. The van der Waals surface area contributed by atoms with Gasteiger partial charge in [-0.3, -0.25) is 9.78 Å². The molecule has 1 aromatic heterocycles. The van der Waals surface area contributed by atoms with Crippen molar-refractivity contribution >= 4 is 16.7 Å². The first-order valence-electron chi connectivity index (χ1n) is 8.31. The molecule has 3 nitrogen and oxygen atoms in total. The van der Waals surface area contributed by atoms with E-state index in [9.17, 15) is 4.79 Å². The minimum atomic E-state index is -0.756. The molecule has 3 rings (SSSR count). The second kappa shape index (κ2) is 7.26. The van der Waals surface area contributed by atoms with Gasteiger partial charge in [0.2, 0.25) is 0 Å². The molecular weight excluding hydrogens is 298 g/mol. The Morgan fingerprint density at radius 1 is 1.08 bits per heavy atom. The zero-order valence-electron chi connectivity index (χ0n) is 13.8. The third kappa shape index (κ3) is 3.80. The number of aliphatic carboxylic acids is 1. The molecule has 1 heterocycles. The normalized spacial score (nSPS) is 10.9. The van der Waals surface area contributed by atoms with Crippen molar-refractivity contribution < 1.29 is 9.90 Å². The molecular formula is C21H21NO2. The van der Waals surface area contributed by atoms with Gasteiger partial charge >= 0.3 is 5.97 Å². The number of hydrogen-bond donors (Lipinski definition) is 1. The van der Waals surface area contributed by atoms with Gasteiger partial charge in [0.25, 0.3) is 0 Å². The van der Waals surface area contributed by atoms with Crippen molar-refractivity contribution in [3.63, 3.8) is 0 Å². The van der Waals surface area contributed by atoms with E-state index in [1.807, 2.05) is 24.5 Å². The van der Waals surface area contributed by atoms with E-state index in [1.54, 1.807) is 0 Å². The molecule has 0 amide bonds. The number of fused-ring (bicyclic) bond motifs is 1. The molecule has 0 atom stereocenters. The quantitative estimate of drug-likeness (QED) is 0.732. The first kappa shape index (κ1) is 16.2. The average Bonchev–Trinajstić information content (AvgIpc) is 2.60. The highest BCUT2D eigenvalue weighted by molar-refractivity contribution is 5.86. The van der Waals surface area contributed by atoms with E-state index in [0.717, 1.165) is 18.4 Å². The Morgan fingerprint density at radius 2 is 1.92 bits per heavy atom. The lowest BCUT2D eigenvalue weighted by molar-refractivity contribution is -0.136. The summed E-state index contributed by atoms with van der Waals surface area (Å²) in [6, 6.07) is 14.8. The van der Waals surface area contributed by atoms with Crippen molar-refractivity contribution in [3.8, 4) is 0 Å². The molecule has 3 heteroatoms. The van der Waals surface area contributed by atoms with Crippen LogP contribution in [0.4, 0.5) is 0 Å². The summed E-state index contributed by atoms with van der Waals surface area (Å²) in [7, 11) is 0. The van der Waals surface area contributed by atoms with E-state index in [0.29, 0.717) is 6.42 Å². The first-order valence-corrected chi connectivity index (χ1v) is 8.31. The number of carboxylic acids is 1. The summed E-state index contributed by atoms with van der Waals surface area (Å²) in [5.74, 6) is -0.756. The monoisotopic (exact) mass is 319 g/mol. The Morgan fingerprint density at radius 3 is 2.71 bits per heavy atom. The summed E-state index contributed by atoms with van der Waals surface area (Å²) >= 11 is 0. The topological polar surface area (TPSA) is 50.2 Å². The first-order chi connectivity index (χ1) is 11.7. The maximum atomic E-state index is 10.8. The van der Waals surface area contributed by atoms with E-state index in [4.69, 9.17) is 5.11 Å². The molecule has 0 fully saturated rings. The number of hydrogen-bond acceptors (Lipinski definition) is 2. The highest BCUT2D eigenvalue weighted by Gasteiger charge is 2.06. The van der Waals surface area contributed by atoms with Gasteiger partial charge in [-0.1, -0.05) is 43.3 Å². The number of aromatic nitrogens is 1. The lowest BCUT2D eigenvalue weighted by atomic mass is 9.95. The largest absolute Gasteiger partial charge is 0.481 e.